The van der Waals surface area contributed by atoms with Crippen LogP contribution in [-0.4, -0.2) is 33.3 Å². The maximum absolute atomic E-state index is 14.0. The first-order valence-corrected chi connectivity index (χ1v) is 8.65. The topological polar surface area (TPSA) is 114 Å². The van der Waals surface area contributed by atoms with Gasteiger partial charge in [0.25, 0.3) is 11.6 Å². The van der Waals surface area contributed by atoms with Gasteiger partial charge in [0.1, 0.15) is 12.2 Å². The van der Waals surface area contributed by atoms with E-state index in [2.05, 4.69) is 17.2 Å². The molecule has 0 bridgehead atoms. The summed E-state index contributed by atoms with van der Waals surface area (Å²) in [5.41, 5.74) is -5.36. The van der Waals surface area contributed by atoms with Gasteiger partial charge in [-0.15, -0.1) is 0 Å². The average molecular weight is 459 g/mol. The number of anilines is 1. The molecule has 2 N–H and O–H groups in total. The molecule has 0 spiro atoms. The first kappa shape index (κ1) is 23.9. The zero-order chi connectivity index (χ0) is 23.4. The van der Waals surface area contributed by atoms with Crippen LogP contribution in [0.3, 0.4) is 0 Å². The van der Waals surface area contributed by atoms with Gasteiger partial charge in [-0.05, 0) is 43.4 Å². The highest BCUT2D eigenvalue weighted by Gasteiger charge is 2.39. The quantitative estimate of drug-likeness (QED) is 0.210. The molecular formula is C18H13F4N3O5S. The molecule has 13 heteroatoms. The van der Waals surface area contributed by atoms with Gasteiger partial charge in [-0.2, -0.15) is 18.2 Å². The number of carbonyl (C=O) groups excluding carboxylic acids is 1. The van der Waals surface area contributed by atoms with Crippen LogP contribution in [0.1, 0.15) is 12.5 Å². The highest BCUT2D eigenvalue weighted by atomic mass is 32.1. The van der Waals surface area contributed by atoms with E-state index in [-0.39, 0.29) is 11.4 Å². The molecule has 31 heavy (non-hydrogen) atoms. The Morgan fingerprint density at radius 3 is 2.55 bits per heavy atom. The number of ether oxygens (including phenoxy) is 1. The Hall–Kier alpha value is -3.41. The number of nitrogens with one attached hydrogen (secondary N) is 1. The van der Waals surface area contributed by atoms with Crippen molar-refractivity contribution in [3.63, 3.8) is 0 Å². The van der Waals surface area contributed by atoms with Gasteiger partial charge in [-0.1, -0.05) is 0 Å². The van der Waals surface area contributed by atoms with Crippen molar-refractivity contribution in [2.24, 2.45) is 4.99 Å². The van der Waals surface area contributed by atoms with Crippen molar-refractivity contribution in [2.75, 3.05) is 11.9 Å². The fourth-order valence-corrected chi connectivity index (χ4v) is 2.38. The maximum atomic E-state index is 14.0. The van der Waals surface area contributed by atoms with Crippen molar-refractivity contribution >= 4 is 40.3 Å². The third-order valence-corrected chi connectivity index (χ3v) is 3.94. The van der Waals surface area contributed by atoms with Crippen molar-refractivity contribution in [2.45, 2.75) is 18.7 Å². The molecule has 0 fully saturated rings. The minimum Gasteiger partial charge on any atom is -0.487 e. The number of aliphatic imine (C=N–C) groups is 1. The molecule has 2 aromatic carbocycles. The first-order valence-electron chi connectivity index (χ1n) is 8.25. The minimum absolute atomic E-state index is 0.156. The average Bonchev–Trinajstić information content (AvgIpc) is 2.66. The molecule has 164 valence electrons. The lowest BCUT2D eigenvalue weighted by Gasteiger charge is -2.23. The fraction of sp³-hybridized carbons (Fsp3) is 0.222. The number of hydrogen-bond acceptors (Lipinski definition) is 7. The van der Waals surface area contributed by atoms with E-state index >= 15 is 0 Å². The Bertz CT molecular complexity index is 1070. The number of benzene rings is 2. The van der Waals surface area contributed by atoms with Crippen LogP contribution >= 0.6 is 12.2 Å². The normalized spacial score (nSPS) is 13.0. The lowest BCUT2D eigenvalue weighted by atomic mass is 10.1. The monoisotopic (exact) mass is 459 g/mol. The van der Waals surface area contributed by atoms with Crippen molar-refractivity contribution in [1.29, 1.82) is 0 Å². The van der Waals surface area contributed by atoms with Gasteiger partial charge in [0.05, 0.1) is 15.8 Å². The molecule has 0 aromatic heterocycles. The molecule has 8 nitrogen and oxygen atoms in total. The van der Waals surface area contributed by atoms with Gasteiger partial charge < -0.3 is 15.2 Å². The predicted molar refractivity (Wildman–Crippen MR) is 104 cm³/mol. The molecule has 0 heterocycles. The van der Waals surface area contributed by atoms with Crippen LogP contribution in [-0.2, 0) is 11.0 Å². The largest absolute Gasteiger partial charge is 0.487 e. The number of nitro benzene ring substituents is 1. The van der Waals surface area contributed by atoms with Gasteiger partial charge in [0.15, 0.2) is 17.2 Å². The lowest BCUT2D eigenvalue weighted by Crippen LogP contribution is -2.45. The second-order valence-corrected chi connectivity index (χ2v) is 6.50. The molecule has 0 saturated heterocycles. The van der Waals surface area contributed by atoms with Crippen LogP contribution in [0.5, 0.6) is 5.75 Å². The van der Waals surface area contributed by atoms with Crippen LogP contribution in [0, 0.1) is 15.9 Å². The summed E-state index contributed by atoms with van der Waals surface area (Å²) in [5.74, 6) is -2.38. The Balaban J connectivity index is 2.15. The van der Waals surface area contributed by atoms with E-state index < -0.39 is 52.0 Å². The number of amides is 1. The van der Waals surface area contributed by atoms with Crippen molar-refractivity contribution in [3.05, 3.63) is 57.9 Å². The van der Waals surface area contributed by atoms with Crippen LogP contribution < -0.4 is 10.1 Å². The first-order chi connectivity index (χ1) is 14.3. The standard InChI is InChI=1S/C18H13F4N3O5S/c1-17(27,8-30-15-5-3-10(23-9-31)7-13(15)19)16(26)24-11-2-4-14(25(28)29)12(6-11)18(20,21)22/h2-7,27H,8H2,1H3,(H,24,26)/t17-/m0/s1. The van der Waals surface area contributed by atoms with Gasteiger partial charge in [0.2, 0.25) is 0 Å². The summed E-state index contributed by atoms with van der Waals surface area (Å²) in [4.78, 5) is 25.4. The Kier molecular flexibility index (Phi) is 7.05. The van der Waals surface area contributed by atoms with E-state index in [9.17, 15) is 37.6 Å². The van der Waals surface area contributed by atoms with Crippen LogP contribution in [0.25, 0.3) is 0 Å². The Morgan fingerprint density at radius 1 is 1.32 bits per heavy atom. The van der Waals surface area contributed by atoms with Gasteiger partial charge in [-0.3, -0.25) is 14.9 Å². The highest BCUT2D eigenvalue weighted by molar-refractivity contribution is 7.78. The summed E-state index contributed by atoms with van der Waals surface area (Å²) in [5, 5.41) is 25.1. The molecule has 0 radical (unpaired) electrons. The maximum Gasteiger partial charge on any atom is 0.423 e. The number of carbonyl (C=O) groups is 1. The molecule has 1 amide bonds. The highest BCUT2D eigenvalue weighted by Crippen LogP contribution is 2.37. The van der Waals surface area contributed by atoms with Crippen LogP contribution in [0.4, 0.5) is 34.6 Å². The van der Waals surface area contributed by atoms with Crippen LogP contribution in [0.15, 0.2) is 41.4 Å². The second kappa shape index (κ2) is 9.16. The number of isothiocyanates is 1. The molecule has 2 rings (SSSR count). The number of thiocarbonyl (C=S) groups is 1. The number of aliphatic hydroxyl groups is 1. The van der Waals surface area contributed by atoms with Crippen molar-refractivity contribution in [3.8, 4) is 5.75 Å². The molecule has 0 saturated carbocycles. The number of nitro groups is 1. The number of rotatable bonds is 7. The van der Waals surface area contributed by atoms with Crippen molar-refractivity contribution < 1.29 is 37.1 Å². The van der Waals surface area contributed by atoms with E-state index in [0.717, 1.165) is 19.1 Å². The van der Waals surface area contributed by atoms with E-state index in [1.54, 1.807) is 0 Å². The smallest absolute Gasteiger partial charge is 0.423 e. The minimum atomic E-state index is -5.05. The Morgan fingerprint density at radius 2 is 2.00 bits per heavy atom. The second-order valence-electron chi connectivity index (χ2n) is 6.32. The molecule has 0 aliphatic carbocycles. The summed E-state index contributed by atoms with van der Waals surface area (Å²) in [6, 6.07) is 5.28. The summed E-state index contributed by atoms with van der Waals surface area (Å²) < 4.78 is 58.2. The summed E-state index contributed by atoms with van der Waals surface area (Å²) in [6.45, 7) is 0.228. The molecule has 0 aliphatic rings. The van der Waals surface area contributed by atoms with E-state index in [1.165, 1.54) is 12.1 Å². The number of halogens is 4. The predicted octanol–water partition coefficient (Wildman–Crippen LogP) is 4.26. The van der Waals surface area contributed by atoms with Gasteiger partial charge >= 0.3 is 6.18 Å². The number of alkyl halides is 3. The summed E-state index contributed by atoms with van der Waals surface area (Å²) in [6.07, 6.45) is -5.05. The van der Waals surface area contributed by atoms with Gasteiger partial charge in [0, 0.05) is 17.8 Å². The third-order valence-electron chi connectivity index (χ3n) is 3.84. The van der Waals surface area contributed by atoms with Gasteiger partial charge in [-0.25, -0.2) is 4.39 Å². The lowest BCUT2D eigenvalue weighted by molar-refractivity contribution is -0.388. The molecule has 1 atom stereocenters. The number of hydrogen-bond donors (Lipinski definition) is 2. The molecule has 0 unspecified atom stereocenters. The van der Waals surface area contributed by atoms with Crippen molar-refractivity contribution in [1.82, 2.24) is 0 Å². The zero-order valence-corrected chi connectivity index (χ0v) is 16.4. The zero-order valence-electron chi connectivity index (χ0n) is 15.6. The third kappa shape index (κ3) is 6.04. The van der Waals surface area contributed by atoms with Crippen LogP contribution in [0.2, 0.25) is 0 Å². The molecule has 0 aliphatic heterocycles. The molecule has 2 aromatic rings. The van der Waals surface area contributed by atoms with E-state index in [1.807, 2.05) is 10.5 Å². The molecular weight excluding hydrogens is 446 g/mol. The Labute approximate surface area is 177 Å². The summed E-state index contributed by atoms with van der Waals surface area (Å²) >= 11 is 4.40. The SMILES string of the molecule is C[C@](O)(COc1ccc(N=C=S)cc1F)C(=O)Nc1ccc([N+](=O)[O-])c(C(F)(F)F)c1. The van der Waals surface area contributed by atoms with E-state index in [0.29, 0.717) is 12.1 Å². The van der Waals surface area contributed by atoms with E-state index in [4.69, 9.17) is 4.74 Å². The fourth-order valence-electron chi connectivity index (χ4n) is 2.28. The summed E-state index contributed by atoms with van der Waals surface area (Å²) in [7, 11) is 0. The number of nitrogens with zero attached hydrogens (tertiary/aromatic N) is 2.